The molecule has 4 rings (SSSR count). The number of ether oxygens (including phenoxy) is 2. The third kappa shape index (κ3) is 12.3. The molecule has 7 heteroatoms. The minimum atomic E-state index is -0.581. The number of hydrogen-bond acceptors (Lipinski definition) is 5. The molecular weight excluding hydrogens is 646 g/mol. The maximum Gasteiger partial charge on any atom is 0.333 e. The zero-order valence-electron chi connectivity index (χ0n) is 31.4. The lowest BCUT2D eigenvalue weighted by Crippen LogP contribution is -2.18. The molecule has 0 spiro atoms. The second-order valence-electron chi connectivity index (χ2n) is 15.5. The van der Waals surface area contributed by atoms with E-state index in [4.69, 9.17) is 9.47 Å². The summed E-state index contributed by atoms with van der Waals surface area (Å²) in [5.74, 6) is -0.185. The summed E-state index contributed by atoms with van der Waals surface area (Å²) in [5.41, 5.74) is 3.93. The first kappa shape index (κ1) is 40.7. The van der Waals surface area contributed by atoms with Crippen LogP contribution in [-0.2, 0) is 19.1 Å². The minimum Gasteiger partial charge on any atom is -0.465 e. The van der Waals surface area contributed by atoms with E-state index in [0.29, 0.717) is 42.7 Å². The van der Waals surface area contributed by atoms with Gasteiger partial charge in [0.25, 0.3) is 0 Å². The molecule has 51 heavy (non-hydrogen) atoms. The van der Waals surface area contributed by atoms with Crippen LogP contribution in [-0.4, -0.2) is 36.9 Å². The molecule has 0 aromatic heterocycles. The molecule has 2 aliphatic rings. The molecule has 2 saturated carbocycles. The molecule has 0 amide bonds. The van der Waals surface area contributed by atoms with Gasteiger partial charge < -0.3 is 14.6 Å². The van der Waals surface area contributed by atoms with Crippen LogP contribution in [0, 0.1) is 23.5 Å². The summed E-state index contributed by atoms with van der Waals surface area (Å²) >= 11 is 0. The molecule has 2 unspecified atom stereocenters. The number of halogens is 2. The van der Waals surface area contributed by atoms with Crippen LogP contribution in [0.25, 0.3) is 0 Å². The van der Waals surface area contributed by atoms with Gasteiger partial charge in [0, 0.05) is 5.57 Å². The third-order valence-corrected chi connectivity index (χ3v) is 11.6. The van der Waals surface area contributed by atoms with Crippen LogP contribution in [0.5, 0.6) is 0 Å². The molecule has 5 nitrogen and oxygen atoms in total. The normalized spacial score (nSPS) is 21.8. The Bertz CT molecular complexity index is 1410. The van der Waals surface area contributed by atoms with Crippen LogP contribution in [0.1, 0.15) is 169 Å². The van der Waals surface area contributed by atoms with Gasteiger partial charge in [-0.25, -0.2) is 13.6 Å². The highest BCUT2D eigenvalue weighted by atomic mass is 19.1. The van der Waals surface area contributed by atoms with Gasteiger partial charge in [-0.2, -0.15) is 0 Å². The highest BCUT2D eigenvalue weighted by Crippen LogP contribution is 2.43. The van der Waals surface area contributed by atoms with Crippen molar-refractivity contribution in [2.45, 2.75) is 147 Å². The smallest absolute Gasteiger partial charge is 0.333 e. The summed E-state index contributed by atoms with van der Waals surface area (Å²) in [6, 6.07) is 11.6. The largest absolute Gasteiger partial charge is 0.465 e. The Morgan fingerprint density at radius 2 is 1.37 bits per heavy atom. The summed E-state index contributed by atoms with van der Waals surface area (Å²) in [4.78, 5) is 23.8. The Labute approximate surface area is 305 Å². The average Bonchev–Trinajstić information content (AvgIpc) is 3.14. The molecule has 2 fully saturated rings. The number of aliphatic hydroxyl groups excluding tert-OH is 1. The van der Waals surface area contributed by atoms with Crippen molar-refractivity contribution in [3.8, 4) is 0 Å². The first-order valence-corrected chi connectivity index (χ1v) is 19.8. The number of carbonyl (C=O) groups excluding carboxylic acids is 2. The molecular formula is C44H62F2O5. The quantitative estimate of drug-likeness (QED) is 0.0893. The van der Waals surface area contributed by atoms with Crippen molar-refractivity contribution in [2.24, 2.45) is 11.8 Å². The SMILES string of the molecule is C=C(C)C(=O)OCCCC(CCCOC(=O)C(C)CO)c1ccc(C2CCC(c3ccc(C4CCC(CCCCC)CC4)cc3F)CC2)cc1F. The predicted molar refractivity (Wildman–Crippen MR) is 200 cm³/mol. The lowest BCUT2D eigenvalue weighted by Gasteiger charge is -2.31. The molecule has 2 aromatic rings. The maximum atomic E-state index is 15.8. The fourth-order valence-electron chi connectivity index (χ4n) is 8.25. The first-order chi connectivity index (χ1) is 24.6. The van der Waals surface area contributed by atoms with E-state index in [-0.39, 0.29) is 49.2 Å². The molecule has 2 atom stereocenters. The van der Waals surface area contributed by atoms with Gasteiger partial charge in [0.15, 0.2) is 0 Å². The van der Waals surface area contributed by atoms with Gasteiger partial charge in [-0.3, -0.25) is 4.79 Å². The van der Waals surface area contributed by atoms with E-state index in [0.717, 1.165) is 48.3 Å². The number of carbonyl (C=O) groups is 2. The fraction of sp³-hybridized carbons (Fsp3) is 0.636. The van der Waals surface area contributed by atoms with Crippen LogP contribution < -0.4 is 0 Å². The Hall–Kier alpha value is -3.06. The molecule has 0 heterocycles. The Balaban J connectivity index is 1.32. The van der Waals surface area contributed by atoms with Crippen molar-refractivity contribution < 1.29 is 33.0 Å². The Morgan fingerprint density at radius 1 is 0.804 bits per heavy atom. The molecule has 0 bridgehead atoms. The molecule has 0 radical (unpaired) electrons. The highest BCUT2D eigenvalue weighted by Gasteiger charge is 2.28. The second kappa shape index (κ2) is 20.8. The number of benzene rings is 2. The predicted octanol–water partition coefficient (Wildman–Crippen LogP) is 11.2. The van der Waals surface area contributed by atoms with Crippen LogP contribution in [0.15, 0.2) is 48.6 Å². The summed E-state index contributed by atoms with van der Waals surface area (Å²) in [5, 5.41) is 9.20. The fourth-order valence-corrected chi connectivity index (χ4v) is 8.25. The highest BCUT2D eigenvalue weighted by molar-refractivity contribution is 5.86. The van der Waals surface area contributed by atoms with Gasteiger partial charge in [-0.1, -0.05) is 63.5 Å². The van der Waals surface area contributed by atoms with Gasteiger partial charge in [0.2, 0.25) is 0 Å². The number of hydrogen-bond donors (Lipinski definition) is 1. The van der Waals surface area contributed by atoms with Gasteiger partial charge in [0.05, 0.1) is 25.7 Å². The Morgan fingerprint density at radius 3 is 1.94 bits per heavy atom. The summed E-state index contributed by atoms with van der Waals surface area (Å²) in [6.45, 7) is 9.22. The van der Waals surface area contributed by atoms with E-state index in [1.54, 1.807) is 19.9 Å². The molecule has 0 aliphatic heterocycles. The second-order valence-corrected chi connectivity index (χ2v) is 15.5. The van der Waals surface area contributed by atoms with Gasteiger partial charge in [-0.05, 0) is 155 Å². The van der Waals surface area contributed by atoms with Crippen molar-refractivity contribution >= 4 is 11.9 Å². The van der Waals surface area contributed by atoms with Crippen LogP contribution in [0.2, 0.25) is 0 Å². The number of unbranched alkanes of at least 4 members (excludes halogenated alkanes) is 2. The van der Waals surface area contributed by atoms with Crippen molar-refractivity contribution in [2.75, 3.05) is 19.8 Å². The van der Waals surface area contributed by atoms with Crippen molar-refractivity contribution in [1.29, 1.82) is 0 Å². The number of rotatable bonds is 19. The zero-order chi connectivity index (χ0) is 36.8. The summed E-state index contributed by atoms with van der Waals surface area (Å²) in [6.07, 6.45) is 16.0. The van der Waals surface area contributed by atoms with E-state index in [1.165, 1.54) is 51.4 Å². The standard InChI is InChI=1S/C44H62F2O5/c1-5-6-7-10-32-13-15-33(16-14-32)37-22-24-40(42(46)27-37)36-19-17-34(18-20-36)38-21-23-39(41(45)28-38)35(11-8-25-50-43(48)30(2)3)12-9-26-51-44(49)31(4)29-47/h21-24,27-28,31-36,47H,2,5-20,25-26,29H2,1,3-4H3. The maximum absolute atomic E-state index is 15.8. The van der Waals surface area contributed by atoms with E-state index < -0.39 is 17.9 Å². The van der Waals surface area contributed by atoms with E-state index in [9.17, 15) is 14.7 Å². The van der Waals surface area contributed by atoms with Gasteiger partial charge in [-0.15, -0.1) is 0 Å². The number of aliphatic hydroxyl groups is 1. The monoisotopic (exact) mass is 708 g/mol. The average molecular weight is 709 g/mol. The van der Waals surface area contributed by atoms with Gasteiger partial charge in [0.1, 0.15) is 11.6 Å². The summed E-state index contributed by atoms with van der Waals surface area (Å²) in [7, 11) is 0. The van der Waals surface area contributed by atoms with Crippen molar-refractivity contribution in [3.63, 3.8) is 0 Å². The molecule has 1 N–H and O–H groups in total. The molecule has 282 valence electrons. The van der Waals surface area contributed by atoms with Crippen LogP contribution in [0.4, 0.5) is 8.78 Å². The van der Waals surface area contributed by atoms with Crippen LogP contribution >= 0.6 is 0 Å². The van der Waals surface area contributed by atoms with Crippen molar-refractivity contribution in [3.05, 3.63) is 82.4 Å². The lowest BCUT2D eigenvalue weighted by atomic mass is 9.74. The molecule has 0 saturated heterocycles. The van der Waals surface area contributed by atoms with E-state index >= 15 is 8.78 Å². The van der Waals surface area contributed by atoms with E-state index in [1.807, 2.05) is 24.3 Å². The zero-order valence-corrected chi connectivity index (χ0v) is 31.4. The first-order valence-electron chi connectivity index (χ1n) is 19.8. The van der Waals surface area contributed by atoms with E-state index in [2.05, 4.69) is 19.6 Å². The minimum absolute atomic E-state index is 0.0606. The molecule has 2 aliphatic carbocycles. The van der Waals surface area contributed by atoms with Crippen molar-refractivity contribution in [1.82, 2.24) is 0 Å². The third-order valence-electron chi connectivity index (χ3n) is 11.6. The number of esters is 2. The van der Waals surface area contributed by atoms with Gasteiger partial charge >= 0.3 is 11.9 Å². The van der Waals surface area contributed by atoms with Crippen LogP contribution in [0.3, 0.4) is 0 Å². The summed E-state index contributed by atoms with van der Waals surface area (Å²) < 4.78 is 41.9. The lowest BCUT2D eigenvalue weighted by molar-refractivity contribution is -0.149. The Kier molecular flexibility index (Phi) is 16.6. The molecule has 2 aromatic carbocycles. The topological polar surface area (TPSA) is 72.8 Å².